The van der Waals surface area contributed by atoms with E-state index in [1.165, 1.54) is 0 Å². The highest BCUT2D eigenvalue weighted by atomic mass is 16.5. The van der Waals surface area contributed by atoms with Gasteiger partial charge in [-0.1, -0.05) is 6.07 Å². The first-order valence-corrected chi connectivity index (χ1v) is 5.76. The second kappa shape index (κ2) is 5.32. The summed E-state index contributed by atoms with van der Waals surface area (Å²) in [6, 6.07) is 12.6. The Hall–Kier alpha value is -2.67. The molecule has 0 saturated heterocycles. The van der Waals surface area contributed by atoms with Crippen LogP contribution >= 0.6 is 0 Å². The molecule has 0 unspecified atom stereocenters. The zero-order chi connectivity index (χ0) is 13.8. The molecule has 4 heteroatoms. The Morgan fingerprint density at radius 2 is 1.89 bits per heavy atom. The van der Waals surface area contributed by atoms with Crippen LogP contribution in [0.2, 0.25) is 0 Å². The Balaban J connectivity index is 2.39. The third-order valence-corrected chi connectivity index (χ3v) is 2.69. The molecule has 0 aliphatic rings. The Morgan fingerprint density at radius 1 is 1.11 bits per heavy atom. The highest BCUT2D eigenvalue weighted by Gasteiger charge is 2.08. The number of ether oxygens (including phenoxy) is 2. The molecule has 4 nitrogen and oxygen atoms in total. The highest BCUT2D eigenvalue weighted by molar-refractivity contribution is 5.57. The summed E-state index contributed by atoms with van der Waals surface area (Å²) in [6.07, 6.45) is 0. The van der Waals surface area contributed by atoms with Crippen molar-refractivity contribution in [2.45, 2.75) is 6.92 Å². The van der Waals surface area contributed by atoms with Gasteiger partial charge in [0.15, 0.2) is 0 Å². The lowest BCUT2D eigenvalue weighted by molar-refractivity contribution is 0.409. The van der Waals surface area contributed by atoms with E-state index in [-0.39, 0.29) is 0 Å². The molecule has 0 aromatic heterocycles. The Morgan fingerprint density at radius 3 is 2.53 bits per heavy atom. The lowest BCUT2D eigenvalue weighted by atomic mass is 10.2. The maximum Gasteiger partial charge on any atom is 0.150 e. The topological polar surface area (TPSA) is 68.3 Å². The molecule has 2 aromatic rings. The van der Waals surface area contributed by atoms with Gasteiger partial charge in [-0.15, -0.1) is 0 Å². The largest absolute Gasteiger partial charge is 0.497 e. The van der Waals surface area contributed by atoms with Gasteiger partial charge in [0.2, 0.25) is 0 Å². The van der Waals surface area contributed by atoms with E-state index >= 15 is 0 Å². The second-order valence-corrected chi connectivity index (χ2v) is 4.12. The third kappa shape index (κ3) is 2.78. The van der Waals surface area contributed by atoms with Crippen molar-refractivity contribution in [2.75, 3.05) is 12.8 Å². The van der Waals surface area contributed by atoms with Gasteiger partial charge in [-0.2, -0.15) is 5.26 Å². The molecule has 0 fully saturated rings. The summed E-state index contributed by atoms with van der Waals surface area (Å²) in [7, 11) is 1.56. The number of nitrogen functional groups attached to an aromatic ring is 1. The van der Waals surface area contributed by atoms with E-state index in [0.717, 1.165) is 5.56 Å². The van der Waals surface area contributed by atoms with Crippen molar-refractivity contribution < 1.29 is 9.47 Å². The molecule has 0 amide bonds. The summed E-state index contributed by atoms with van der Waals surface area (Å²) in [6.45, 7) is 1.95. The first-order chi connectivity index (χ1) is 9.13. The maximum atomic E-state index is 9.07. The van der Waals surface area contributed by atoms with Gasteiger partial charge in [0.1, 0.15) is 23.3 Å². The van der Waals surface area contributed by atoms with Crippen LogP contribution in [0.15, 0.2) is 36.4 Å². The second-order valence-electron chi connectivity index (χ2n) is 4.12. The van der Waals surface area contributed by atoms with E-state index in [0.29, 0.717) is 28.5 Å². The zero-order valence-electron chi connectivity index (χ0n) is 10.8. The number of hydrogen-bond donors (Lipinski definition) is 1. The molecule has 0 saturated carbocycles. The number of methoxy groups -OCH3 is 1. The fourth-order valence-electron chi connectivity index (χ4n) is 1.69. The number of nitriles is 1. The molecule has 0 spiro atoms. The number of anilines is 1. The smallest absolute Gasteiger partial charge is 0.150 e. The van der Waals surface area contributed by atoms with Crippen LogP contribution in [-0.4, -0.2) is 7.11 Å². The molecule has 0 bridgehead atoms. The lowest BCUT2D eigenvalue weighted by Crippen LogP contribution is -1.95. The molecule has 0 heterocycles. The van der Waals surface area contributed by atoms with E-state index in [1.54, 1.807) is 31.4 Å². The average Bonchev–Trinajstić information content (AvgIpc) is 2.41. The Labute approximate surface area is 112 Å². The number of nitrogens with two attached hydrogens (primary N) is 1. The minimum absolute atomic E-state index is 0.428. The molecular weight excluding hydrogens is 240 g/mol. The van der Waals surface area contributed by atoms with Crippen LogP contribution in [0.5, 0.6) is 17.2 Å². The van der Waals surface area contributed by atoms with Crippen LogP contribution in [0, 0.1) is 18.3 Å². The van der Waals surface area contributed by atoms with Gasteiger partial charge in [0, 0.05) is 6.07 Å². The predicted octanol–water partition coefficient (Wildman–Crippen LogP) is 3.25. The molecular formula is C15H14N2O2. The molecule has 2 rings (SSSR count). The summed E-state index contributed by atoms with van der Waals surface area (Å²) in [5.74, 6) is 1.58. The first kappa shape index (κ1) is 12.8. The van der Waals surface area contributed by atoms with Crippen LogP contribution in [-0.2, 0) is 0 Å². The monoisotopic (exact) mass is 254 g/mol. The summed E-state index contributed by atoms with van der Waals surface area (Å²) in [5.41, 5.74) is 7.91. The fourth-order valence-corrected chi connectivity index (χ4v) is 1.69. The normalized spacial score (nSPS) is 9.74. The van der Waals surface area contributed by atoms with Gasteiger partial charge < -0.3 is 15.2 Å². The van der Waals surface area contributed by atoms with Crippen LogP contribution < -0.4 is 15.2 Å². The molecule has 19 heavy (non-hydrogen) atoms. The number of hydrogen-bond acceptors (Lipinski definition) is 4. The van der Waals surface area contributed by atoms with Gasteiger partial charge in [-0.25, -0.2) is 0 Å². The molecule has 2 N–H and O–H groups in total. The molecule has 96 valence electrons. The van der Waals surface area contributed by atoms with Crippen molar-refractivity contribution in [3.05, 3.63) is 47.5 Å². The van der Waals surface area contributed by atoms with Crippen LogP contribution in [0.1, 0.15) is 11.1 Å². The summed E-state index contributed by atoms with van der Waals surface area (Å²) >= 11 is 0. The molecule has 2 aromatic carbocycles. The SMILES string of the molecule is COc1ccc(C#N)c(Oc2ccc(C)cc2N)c1. The van der Waals surface area contributed by atoms with E-state index in [1.807, 2.05) is 19.1 Å². The van der Waals surface area contributed by atoms with E-state index in [2.05, 4.69) is 6.07 Å². The first-order valence-electron chi connectivity index (χ1n) is 5.76. The number of rotatable bonds is 3. The minimum atomic E-state index is 0.428. The Kier molecular flexibility index (Phi) is 3.58. The van der Waals surface area contributed by atoms with E-state index in [9.17, 15) is 0 Å². The standard InChI is InChI=1S/C15H14N2O2/c1-10-3-6-14(13(17)7-10)19-15-8-12(18-2)5-4-11(15)9-16/h3-8H,17H2,1-2H3. The number of benzene rings is 2. The Bertz CT molecular complexity index is 645. The van der Waals surface area contributed by atoms with Crippen molar-refractivity contribution >= 4 is 5.69 Å². The van der Waals surface area contributed by atoms with Crippen molar-refractivity contribution in [2.24, 2.45) is 0 Å². The third-order valence-electron chi connectivity index (χ3n) is 2.69. The molecule has 0 aliphatic heterocycles. The van der Waals surface area contributed by atoms with Crippen LogP contribution in [0.3, 0.4) is 0 Å². The minimum Gasteiger partial charge on any atom is -0.497 e. The summed E-state index contributed by atoms with van der Waals surface area (Å²) in [4.78, 5) is 0. The fraction of sp³-hybridized carbons (Fsp3) is 0.133. The average molecular weight is 254 g/mol. The van der Waals surface area contributed by atoms with Crippen LogP contribution in [0.4, 0.5) is 5.69 Å². The van der Waals surface area contributed by atoms with Gasteiger partial charge in [-0.05, 0) is 36.8 Å². The van der Waals surface area contributed by atoms with Gasteiger partial charge in [0.25, 0.3) is 0 Å². The summed E-state index contributed by atoms with van der Waals surface area (Å²) < 4.78 is 10.8. The lowest BCUT2D eigenvalue weighted by Gasteiger charge is -2.11. The molecule has 0 atom stereocenters. The maximum absolute atomic E-state index is 9.07. The van der Waals surface area contributed by atoms with E-state index < -0.39 is 0 Å². The van der Waals surface area contributed by atoms with Crippen molar-refractivity contribution in [1.29, 1.82) is 5.26 Å². The zero-order valence-corrected chi connectivity index (χ0v) is 10.8. The molecule has 0 aliphatic carbocycles. The van der Waals surface area contributed by atoms with Crippen molar-refractivity contribution in [3.63, 3.8) is 0 Å². The van der Waals surface area contributed by atoms with Gasteiger partial charge in [-0.3, -0.25) is 0 Å². The van der Waals surface area contributed by atoms with Gasteiger partial charge in [0.05, 0.1) is 18.4 Å². The quantitative estimate of drug-likeness (QED) is 0.854. The number of aryl methyl sites for hydroxylation is 1. The van der Waals surface area contributed by atoms with E-state index in [4.69, 9.17) is 20.5 Å². The van der Waals surface area contributed by atoms with Crippen molar-refractivity contribution in [3.8, 4) is 23.3 Å². The van der Waals surface area contributed by atoms with Crippen molar-refractivity contribution in [1.82, 2.24) is 0 Å². The molecule has 0 radical (unpaired) electrons. The highest BCUT2D eigenvalue weighted by Crippen LogP contribution is 2.32. The van der Waals surface area contributed by atoms with Gasteiger partial charge >= 0.3 is 0 Å². The van der Waals surface area contributed by atoms with Crippen LogP contribution in [0.25, 0.3) is 0 Å². The predicted molar refractivity (Wildman–Crippen MR) is 73.4 cm³/mol. The summed E-state index contributed by atoms with van der Waals surface area (Å²) in [5, 5.41) is 9.07. The number of nitrogens with zero attached hydrogens (tertiary/aromatic N) is 1.